The van der Waals surface area contributed by atoms with Crippen molar-refractivity contribution in [1.29, 1.82) is 5.26 Å². The first-order valence-corrected chi connectivity index (χ1v) is 8.42. The van der Waals surface area contributed by atoms with Gasteiger partial charge in [0.25, 0.3) is 0 Å². The fraction of sp³-hybridized carbons (Fsp3) is 0.278. The van der Waals surface area contributed by atoms with Gasteiger partial charge in [-0.05, 0) is 54.7 Å². The van der Waals surface area contributed by atoms with Gasteiger partial charge in [0.15, 0.2) is 0 Å². The summed E-state index contributed by atoms with van der Waals surface area (Å²) in [5.74, 6) is 0.512. The third kappa shape index (κ3) is 2.64. The van der Waals surface area contributed by atoms with Crippen LogP contribution in [0.15, 0.2) is 36.4 Å². The van der Waals surface area contributed by atoms with Crippen LogP contribution in [-0.4, -0.2) is 13.6 Å². The van der Waals surface area contributed by atoms with Gasteiger partial charge in [0.2, 0.25) is 0 Å². The summed E-state index contributed by atoms with van der Waals surface area (Å²) < 4.78 is 18.6. The second-order valence-electron chi connectivity index (χ2n) is 6.09. The average Bonchev–Trinajstić information content (AvgIpc) is 3.32. The van der Waals surface area contributed by atoms with E-state index in [1.807, 2.05) is 19.2 Å². The van der Waals surface area contributed by atoms with Crippen LogP contribution in [0, 0.1) is 23.1 Å². The molecule has 0 N–H and O–H groups in total. The third-order valence-corrected chi connectivity index (χ3v) is 5.32. The van der Waals surface area contributed by atoms with Gasteiger partial charge in [0.05, 0.1) is 35.1 Å². The summed E-state index contributed by atoms with van der Waals surface area (Å²) in [6.07, 6.45) is 2.64. The minimum atomic E-state index is -0.299. The SMILES string of the molecule is CN1SN(CC2CC2)c2ccc(-c3cc(C#N)ccc3F)cc21. The molecule has 0 bridgehead atoms. The van der Waals surface area contributed by atoms with Gasteiger partial charge in [-0.15, -0.1) is 0 Å². The molecule has 116 valence electrons. The number of anilines is 2. The predicted molar refractivity (Wildman–Crippen MR) is 92.6 cm³/mol. The maximum atomic E-state index is 14.2. The number of nitriles is 1. The van der Waals surface area contributed by atoms with Gasteiger partial charge in [-0.2, -0.15) is 5.26 Å². The largest absolute Gasteiger partial charge is 0.300 e. The first kappa shape index (κ1) is 14.4. The van der Waals surface area contributed by atoms with Gasteiger partial charge in [-0.25, -0.2) is 4.39 Å². The lowest BCUT2D eigenvalue weighted by molar-refractivity contribution is 0.631. The van der Waals surface area contributed by atoms with E-state index in [-0.39, 0.29) is 5.82 Å². The molecule has 0 aromatic heterocycles. The van der Waals surface area contributed by atoms with Crippen LogP contribution in [0.2, 0.25) is 0 Å². The first-order valence-electron chi connectivity index (χ1n) is 7.69. The number of benzene rings is 2. The van der Waals surface area contributed by atoms with Crippen molar-refractivity contribution < 1.29 is 4.39 Å². The summed E-state index contributed by atoms with van der Waals surface area (Å²) in [4.78, 5) is 0. The van der Waals surface area contributed by atoms with Crippen molar-refractivity contribution in [2.45, 2.75) is 12.8 Å². The summed E-state index contributed by atoms with van der Waals surface area (Å²) in [5, 5.41) is 9.03. The van der Waals surface area contributed by atoms with Crippen LogP contribution in [-0.2, 0) is 0 Å². The zero-order chi connectivity index (χ0) is 16.0. The smallest absolute Gasteiger partial charge is 0.131 e. The fourth-order valence-corrected chi connectivity index (χ4v) is 3.92. The van der Waals surface area contributed by atoms with E-state index in [4.69, 9.17) is 5.26 Å². The number of nitrogens with zero attached hydrogens (tertiary/aromatic N) is 3. The van der Waals surface area contributed by atoms with Crippen molar-refractivity contribution in [3.63, 3.8) is 0 Å². The monoisotopic (exact) mass is 325 g/mol. The number of hydrogen-bond donors (Lipinski definition) is 0. The average molecular weight is 325 g/mol. The maximum absolute atomic E-state index is 14.2. The lowest BCUT2D eigenvalue weighted by Gasteiger charge is -2.16. The molecule has 0 atom stereocenters. The van der Waals surface area contributed by atoms with Crippen LogP contribution >= 0.6 is 12.1 Å². The quantitative estimate of drug-likeness (QED) is 0.772. The summed E-state index contributed by atoms with van der Waals surface area (Å²) in [6, 6.07) is 12.6. The van der Waals surface area contributed by atoms with Gasteiger partial charge in [0.1, 0.15) is 5.82 Å². The van der Waals surface area contributed by atoms with Crippen molar-refractivity contribution in [2.75, 3.05) is 22.2 Å². The molecule has 0 unspecified atom stereocenters. The Hall–Kier alpha value is -2.19. The maximum Gasteiger partial charge on any atom is 0.131 e. The van der Waals surface area contributed by atoms with Gasteiger partial charge in [-0.3, -0.25) is 8.61 Å². The number of hydrogen-bond acceptors (Lipinski definition) is 4. The van der Waals surface area contributed by atoms with E-state index in [0.29, 0.717) is 11.1 Å². The molecule has 1 saturated carbocycles. The molecule has 23 heavy (non-hydrogen) atoms. The molecule has 1 heterocycles. The second-order valence-corrected chi connectivity index (χ2v) is 7.25. The Kier molecular flexibility index (Phi) is 3.42. The number of halogens is 1. The molecule has 0 radical (unpaired) electrons. The standard InChI is InChI=1S/C18H16FN3S/c1-21-18-9-14(15-8-13(10-20)4-6-16(15)19)5-7-17(18)22(23-21)11-12-2-3-12/h4-9,12H,2-3,11H2,1H3. The van der Waals surface area contributed by atoms with E-state index >= 15 is 0 Å². The number of fused-ring (bicyclic) bond motifs is 1. The lowest BCUT2D eigenvalue weighted by atomic mass is 10.0. The summed E-state index contributed by atoms with van der Waals surface area (Å²) in [5.41, 5.74) is 4.03. The molecule has 2 aromatic rings. The second kappa shape index (κ2) is 5.47. The third-order valence-electron chi connectivity index (χ3n) is 4.33. The highest BCUT2D eigenvalue weighted by atomic mass is 32.2. The zero-order valence-electron chi connectivity index (χ0n) is 12.8. The molecule has 2 aromatic carbocycles. The Morgan fingerprint density at radius 3 is 2.78 bits per heavy atom. The Morgan fingerprint density at radius 1 is 1.22 bits per heavy atom. The van der Waals surface area contributed by atoms with E-state index in [1.165, 1.54) is 30.7 Å². The molecule has 3 nitrogen and oxygen atoms in total. The normalized spacial score (nSPS) is 16.4. The minimum Gasteiger partial charge on any atom is -0.300 e. The highest BCUT2D eigenvalue weighted by Crippen LogP contribution is 2.47. The van der Waals surface area contributed by atoms with Crippen LogP contribution in [0.25, 0.3) is 11.1 Å². The Bertz CT molecular complexity index is 810. The molecule has 5 heteroatoms. The van der Waals surface area contributed by atoms with Crippen LogP contribution in [0.1, 0.15) is 18.4 Å². The highest BCUT2D eigenvalue weighted by Gasteiger charge is 2.31. The van der Waals surface area contributed by atoms with E-state index in [9.17, 15) is 4.39 Å². The molecule has 0 spiro atoms. The molecular weight excluding hydrogens is 309 g/mol. The van der Waals surface area contributed by atoms with Crippen LogP contribution in [0.5, 0.6) is 0 Å². The molecular formula is C18H16FN3S. The van der Waals surface area contributed by atoms with Crippen molar-refractivity contribution in [3.8, 4) is 17.2 Å². The van der Waals surface area contributed by atoms with E-state index in [0.717, 1.165) is 23.7 Å². The molecule has 2 aliphatic rings. The molecule has 4 rings (SSSR count). The van der Waals surface area contributed by atoms with Gasteiger partial charge < -0.3 is 0 Å². The Labute approximate surface area is 139 Å². The zero-order valence-corrected chi connectivity index (χ0v) is 13.6. The van der Waals surface area contributed by atoms with E-state index < -0.39 is 0 Å². The summed E-state index contributed by atoms with van der Waals surface area (Å²) in [7, 11) is 2.03. The predicted octanol–water partition coefficient (Wildman–Crippen LogP) is 4.59. The van der Waals surface area contributed by atoms with Crippen molar-refractivity contribution >= 4 is 23.5 Å². The Morgan fingerprint density at radius 2 is 2.04 bits per heavy atom. The van der Waals surface area contributed by atoms with Crippen molar-refractivity contribution in [2.24, 2.45) is 5.92 Å². The lowest BCUT2D eigenvalue weighted by Crippen LogP contribution is -2.16. The van der Waals surface area contributed by atoms with Gasteiger partial charge in [-0.1, -0.05) is 6.07 Å². The highest BCUT2D eigenvalue weighted by molar-refractivity contribution is 8.02. The van der Waals surface area contributed by atoms with Crippen LogP contribution in [0.3, 0.4) is 0 Å². The first-order chi connectivity index (χ1) is 11.2. The molecule has 0 saturated heterocycles. The summed E-state index contributed by atoms with van der Waals surface area (Å²) in [6.45, 7) is 1.07. The van der Waals surface area contributed by atoms with Crippen LogP contribution < -0.4 is 8.61 Å². The summed E-state index contributed by atoms with van der Waals surface area (Å²) >= 11 is 1.70. The van der Waals surface area contributed by atoms with Gasteiger partial charge in [0, 0.05) is 19.2 Å². The minimum absolute atomic E-state index is 0.299. The van der Waals surface area contributed by atoms with E-state index in [2.05, 4.69) is 20.7 Å². The molecule has 1 aliphatic heterocycles. The van der Waals surface area contributed by atoms with Gasteiger partial charge >= 0.3 is 0 Å². The fourth-order valence-electron chi connectivity index (χ4n) is 2.87. The molecule has 1 aliphatic carbocycles. The number of rotatable bonds is 3. The molecule has 0 amide bonds. The Balaban J connectivity index is 1.72. The topological polar surface area (TPSA) is 30.3 Å². The molecule has 1 fully saturated rings. The van der Waals surface area contributed by atoms with Crippen molar-refractivity contribution in [1.82, 2.24) is 0 Å². The van der Waals surface area contributed by atoms with Crippen molar-refractivity contribution in [3.05, 3.63) is 47.8 Å². The van der Waals surface area contributed by atoms with E-state index in [1.54, 1.807) is 18.2 Å². The van der Waals surface area contributed by atoms with Crippen LogP contribution in [0.4, 0.5) is 15.8 Å².